The number of ether oxygens (including phenoxy) is 3. The van der Waals surface area contributed by atoms with Crippen LogP contribution in [0.4, 0.5) is 0 Å². The molecule has 0 fully saturated rings. The fourth-order valence-electron chi connectivity index (χ4n) is 7.81. The quantitative estimate of drug-likeness (QED) is 0.0262. The summed E-state index contributed by atoms with van der Waals surface area (Å²) >= 11 is 0. The Hall–Kier alpha value is -3.15. The van der Waals surface area contributed by atoms with Crippen LogP contribution in [-0.4, -0.2) is 37.2 Å². The summed E-state index contributed by atoms with van der Waals surface area (Å²) in [4.78, 5) is 38.1. The average Bonchev–Trinajstić information content (AvgIpc) is 3.33. The Labute approximate surface area is 414 Å². The Morgan fingerprint density at radius 1 is 0.299 bits per heavy atom. The first-order valence-electron chi connectivity index (χ1n) is 28.4. The third kappa shape index (κ3) is 53.7. The summed E-state index contributed by atoms with van der Waals surface area (Å²) in [5.41, 5.74) is 0. The first kappa shape index (κ1) is 63.8. The molecule has 0 saturated carbocycles. The topological polar surface area (TPSA) is 78.9 Å². The molecular formula is C61H106O6. The summed E-state index contributed by atoms with van der Waals surface area (Å²) in [6.07, 6.45) is 70.3. The van der Waals surface area contributed by atoms with Crippen molar-refractivity contribution in [1.82, 2.24) is 0 Å². The van der Waals surface area contributed by atoms with Gasteiger partial charge in [0.2, 0.25) is 0 Å². The van der Waals surface area contributed by atoms with E-state index in [1.165, 1.54) is 148 Å². The molecule has 0 radical (unpaired) electrons. The molecule has 0 saturated heterocycles. The summed E-state index contributed by atoms with van der Waals surface area (Å²) in [6.45, 7) is 6.55. The van der Waals surface area contributed by atoms with E-state index in [4.69, 9.17) is 14.2 Å². The standard InChI is InChI=1S/C61H106O6/c1-4-7-10-13-16-19-22-24-26-28-30-32-34-36-39-42-45-48-51-54-60(63)66-57-58(56-65-59(62)53-50-47-44-41-38-21-18-15-12-9-6-3)67-61(64)55-52-49-46-43-40-37-35-33-31-29-27-25-23-20-17-14-11-8-5-2/h15-16,18-19,24-27,30,32,36,39,58H,4-14,17,20-23,28-29,31,33-35,37-38,40-57H2,1-3H3/b18-15-,19-16-,26-24-,27-25-,32-30-,39-36-/t58-/m0/s1. The van der Waals surface area contributed by atoms with Crippen LogP contribution in [0.2, 0.25) is 0 Å². The number of hydrogen-bond acceptors (Lipinski definition) is 6. The second-order valence-corrected chi connectivity index (χ2v) is 18.8. The Morgan fingerprint density at radius 3 is 0.940 bits per heavy atom. The summed E-state index contributed by atoms with van der Waals surface area (Å²) < 4.78 is 16.8. The monoisotopic (exact) mass is 935 g/mol. The number of hydrogen-bond donors (Lipinski definition) is 0. The first-order chi connectivity index (χ1) is 33.0. The van der Waals surface area contributed by atoms with Gasteiger partial charge in [-0.05, 0) is 109 Å². The number of esters is 3. The Bertz CT molecular complexity index is 1260. The third-order valence-electron chi connectivity index (χ3n) is 12.2. The van der Waals surface area contributed by atoms with E-state index in [2.05, 4.69) is 93.7 Å². The minimum atomic E-state index is -0.793. The first-order valence-corrected chi connectivity index (χ1v) is 28.4. The Kier molecular flexibility index (Phi) is 52.8. The van der Waals surface area contributed by atoms with Crippen molar-refractivity contribution in [1.29, 1.82) is 0 Å². The van der Waals surface area contributed by atoms with E-state index in [9.17, 15) is 14.4 Å². The molecule has 0 heterocycles. The van der Waals surface area contributed by atoms with Crippen LogP contribution in [0.3, 0.4) is 0 Å². The second-order valence-electron chi connectivity index (χ2n) is 18.8. The molecular weight excluding hydrogens is 829 g/mol. The van der Waals surface area contributed by atoms with E-state index in [1.54, 1.807) is 0 Å². The van der Waals surface area contributed by atoms with Gasteiger partial charge < -0.3 is 14.2 Å². The number of rotatable bonds is 51. The van der Waals surface area contributed by atoms with Crippen LogP contribution >= 0.6 is 0 Å². The third-order valence-corrected chi connectivity index (χ3v) is 12.2. The molecule has 0 aliphatic carbocycles. The molecule has 0 aromatic rings. The van der Waals surface area contributed by atoms with Crippen LogP contribution in [0, 0.1) is 0 Å². The van der Waals surface area contributed by atoms with Gasteiger partial charge in [0.25, 0.3) is 0 Å². The lowest BCUT2D eigenvalue weighted by Crippen LogP contribution is -2.30. The predicted molar refractivity (Wildman–Crippen MR) is 288 cm³/mol. The highest BCUT2D eigenvalue weighted by molar-refractivity contribution is 5.71. The van der Waals surface area contributed by atoms with Crippen LogP contribution in [0.25, 0.3) is 0 Å². The molecule has 6 nitrogen and oxygen atoms in total. The fourth-order valence-corrected chi connectivity index (χ4v) is 7.81. The van der Waals surface area contributed by atoms with Crippen LogP contribution in [0.15, 0.2) is 72.9 Å². The fraction of sp³-hybridized carbons (Fsp3) is 0.754. The lowest BCUT2D eigenvalue weighted by Gasteiger charge is -2.18. The zero-order chi connectivity index (χ0) is 48.6. The SMILES string of the molecule is CCCC/C=C\CCCCCCCC(=O)OC[C@@H](COC(=O)CCCCC/C=C\C/C=C\C/C=C\C/C=C\CCCCC)OC(=O)CCCCCCCCCCC/C=C\CCCCCCCC. The molecule has 0 aromatic carbocycles. The van der Waals surface area contributed by atoms with Crippen LogP contribution in [0.5, 0.6) is 0 Å². The molecule has 0 aromatic heterocycles. The molecule has 0 unspecified atom stereocenters. The zero-order valence-corrected chi connectivity index (χ0v) is 44.2. The molecule has 0 rings (SSSR count). The van der Waals surface area contributed by atoms with Crippen molar-refractivity contribution in [2.24, 2.45) is 0 Å². The molecule has 0 amide bonds. The minimum absolute atomic E-state index is 0.0905. The van der Waals surface area contributed by atoms with Crippen molar-refractivity contribution in [2.75, 3.05) is 13.2 Å². The molecule has 0 aliphatic rings. The van der Waals surface area contributed by atoms with Crippen LogP contribution in [0.1, 0.15) is 278 Å². The lowest BCUT2D eigenvalue weighted by molar-refractivity contribution is -0.167. The van der Waals surface area contributed by atoms with Gasteiger partial charge in [-0.2, -0.15) is 0 Å². The van der Waals surface area contributed by atoms with E-state index >= 15 is 0 Å². The van der Waals surface area contributed by atoms with Crippen molar-refractivity contribution >= 4 is 17.9 Å². The maximum atomic E-state index is 12.8. The molecule has 0 N–H and O–H groups in total. The number of allylic oxidation sites excluding steroid dienone is 12. The van der Waals surface area contributed by atoms with Gasteiger partial charge in [0.05, 0.1) is 0 Å². The Morgan fingerprint density at radius 2 is 0.552 bits per heavy atom. The molecule has 0 spiro atoms. The van der Waals surface area contributed by atoms with Crippen molar-refractivity contribution in [3.8, 4) is 0 Å². The maximum Gasteiger partial charge on any atom is 0.306 e. The lowest BCUT2D eigenvalue weighted by atomic mass is 10.1. The van der Waals surface area contributed by atoms with Crippen molar-refractivity contribution in [3.63, 3.8) is 0 Å². The molecule has 386 valence electrons. The van der Waals surface area contributed by atoms with E-state index < -0.39 is 6.10 Å². The number of carbonyl (C=O) groups is 3. The summed E-state index contributed by atoms with van der Waals surface area (Å²) in [7, 11) is 0. The van der Waals surface area contributed by atoms with Gasteiger partial charge in [-0.3, -0.25) is 14.4 Å². The van der Waals surface area contributed by atoms with E-state index in [0.29, 0.717) is 19.3 Å². The van der Waals surface area contributed by atoms with Crippen molar-refractivity contribution < 1.29 is 28.6 Å². The van der Waals surface area contributed by atoms with Gasteiger partial charge in [-0.1, -0.05) is 222 Å². The van der Waals surface area contributed by atoms with E-state index in [-0.39, 0.29) is 31.1 Å². The maximum absolute atomic E-state index is 12.8. The average molecular weight is 936 g/mol. The summed E-state index contributed by atoms with van der Waals surface area (Å²) in [6, 6.07) is 0. The molecule has 6 heteroatoms. The summed E-state index contributed by atoms with van der Waals surface area (Å²) in [5, 5.41) is 0. The largest absolute Gasteiger partial charge is 0.462 e. The smallest absolute Gasteiger partial charge is 0.306 e. The van der Waals surface area contributed by atoms with Gasteiger partial charge in [0.1, 0.15) is 13.2 Å². The van der Waals surface area contributed by atoms with Gasteiger partial charge in [-0.25, -0.2) is 0 Å². The van der Waals surface area contributed by atoms with E-state index in [0.717, 1.165) is 89.9 Å². The van der Waals surface area contributed by atoms with Gasteiger partial charge in [0, 0.05) is 19.3 Å². The van der Waals surface area contributed by atoms with Crippen molar-refractivity contribution in [3.05, 3.63) is 72.9 Å². The Balaban J connectivity index is 4.40. The molecule has 67 heavy (non-hydrogen) atoms. The number of unbranched alkanes of at least 4 members (excludes halogenated alkanes) is 28. The summed E-state index contributed by atoms with van der Waals surface area (Å²) in [5.74, 6) is -0.927. The van der Waals surface area contributed by atoms with E-state index in [1.807, 2.05) is 0 Å². The normalized spacial score (nSPS) is 12.6. The predicted octanol–water partition coefficient (Wildman–Crippen LogP) is 19.0. The van der Waals surface area contributed by atoms with Crippen molar-refractivity contribution in [2.45, 2.75) is 284 Å². The molecule has 0 bridgehead atoms. The second kappa shape index (κ2) is 55.4. The zero-order valence-electron chi connectivity index (χ0n) is 44.2. The highest BCUT2D eigenvalue weighted by Gasteiger charge is 2.19. The molecule has 0 aliphatic heterocycles. The highest BCUT2D eigenvalue weighted by atomic mass is 16.6. The number of carbonyl (C=O) groups excluding carboxylic acids is 3. The van der Waals surface area contributed by atoms with Crippen LogP contribution < -0.4 is 0 Å². The molecule has 1 atom stereocenters. The minimum Gasteiger partial charge on any atom is -0.462 e. The van der Waals surface area contributed by atoms with Gasteiger partial charge in [0.15, 0.2) is 6.10 Å². The van der Waals surface area contributed by atoms with Crippen LogP contribution in [-0.2, 0) is 28.6 Å². The highest BCUT2D eigenvalue weighted by Crippen LogP contribution is 2.15. The van der Waals surface area contributed by atoms with Gasteiger partial charge in [-0.15, -0.1) is 0 Å². The van der Waals surface area contributed by atoms with Gasteiger partial charge >= 0.3 is 17.9 Å².